The Kier molecular flexibility index (Phi) is 6.18. The monoisotopic (exact) mass is 247 g/mol. The standard InChI is InChI=1S/C11H15F2NOS/c12-11(13)15-10-5-2-1-4-9(10)8-16-7-3-6-14/h1-2,4-5,11H,3,6-8,14H2. The second-order valence-corrected chi connectivity index (χ2v) is 4.29. The molecule has 5 heteroatoms. The van der Waals surface area contributed by atoms with E-state index in [1.54, 1.807) is 30.0 Å². The molecular formula is C11H15F2NOS. The Morgan fingerprint density at radius 2 is 2.06 bits per heavy atom. The first-order valence-corrected chi connectivity index (χ1v) is 6.20. The average molecular weight is 247 g/mol. The number of halogens is 2. The van der Waals surface area contributed by atoms with Crippen molar-refractivity contribution < 1.29 is 13.5 Å². The van der Waals surface area contributed by atoms with E-state index in [1.165, 1.54) is 0 Å². The first-order valence-electron chi connectivity index (χ1n) is 5.04. The van der Waals surface area contributed by atoms with Crippen molar-refractivity contribution in [1.29, 1.82) is 0 Å². The zero-order valence-electron chi connectivity index (χ0n) is 8.86. The summed E-state index contributed by atoms with van der Waals surface area (Å²) in [6.45, 7) is -2.11. The van der Waals surface area contributed by atoms with Gasteiger partial charge in [-0.15, -0.1) is 0 Å². The molecule has 0 spiro atoms. The van der Waals surface area contributed by atoms with Crippen molar-refractivity contribution in [3.63, 3.8) is 0 Å². The Morgan fingerprint density at radius 3 is 2.75 bits per heavy atom. The molecule has 0 fully saturated rings. The molecule has 1 rings (SSSR count). The molecule has 16 heavy (non-hydrogen) atoms. The van der Waals surface area contributed by atoms with Crippen molar-refractivity contribution in [3.8, 4) is 5.75 Å². The van der Waals surface area contributed by atoms with Gasteiger partial charge in [0, 0.05) is 11.3 Å². The molecule has 0 aliphatic rings. The lowest BCUT2D eigenvalue weighted by Gasteiger charge is -2.09. The van der Waals surface area contributed by atoms with Crippen LogP contribution in [-0.4, -0.2) is 18.9 Å². The van der Waals surface area contributed by atoms with Gasteiger partial charge in [-0.2, -0.15) is 20.5 Å². The highest BCUT2D eigenvalue weighted by Crippen LogP contribution is 2.24. The van der Waals surface area contributed by atoms with Crippen molar-refractivity contribution >= 4 is 11.8 Å². The molecule has 0 amide bonds. The summed E-state index contributed by atoms with van der Waals surface area (Å²) in [5.74, 6) is 1.86. The summed E-state index contributed by atoms with van der Waals surface area (Å²) < 4.78 is 28.6. The van der Waals surface area contributed by atoms with Gasteiger partial charge in [-0.3, -0.25) is 0 Å². The first kappa shape index (κ1) is 13.3. The smallest absolute Gasteiger partial charge is 0.387 e. The Morgan fingerprint density at radius 1 is 1.31 bits per heavy atom. The summed E-state index contributed by atoms with van der Waals surface area (Å²) >= 11 is 1.67. The van der Waals surface area contributed by atoms with Gasteiger partial charge in [0.1, 0.15) is 5.75 Å². The highest BCUT2D eigenvalue weighted by atomic mass is 32.2. The highest BCUT2D eigenvalue weighted by molar-refractivity contribution is 7.98. The van der Waals surface area contributed by atoms with Crippen LogP contribution in [-0.2, 0) is 5.75 Å². The number of thioether (sulfide) groups is 1. The van der Waals surface area contributed by atoms with Gasteiger partial charge in [0.25, 0.3) is 0 Å². The summed E-state index contributed by atoms with van der Waals surface area (Å²) in [5, 5.41) is 0. The summed E-state index contributed by atoms with van der Waals surface area (Å²) in [6.07, 6.45) is 0.933. The maximum atomic E-state index is 12.1. The predicted molar refractivity (Wildman–Crippen MR) is 62.9 cm³/mol. The summed E-state index contributed by atoms with van der Waals surface area (Å²) in [6, 6.07) is 6.86. The molecular weight excluding hydrogens is 232 g/mol. The summed E-state index contributed by atoms with van der Waals surface area (Å²) in [4.78, 5) is 0. The van der Waals surface area contributed by atoms with Crippen LogP contribution in [0.1, 0.15) is 12.0 Å². The van der Waals surface area contributed by atoms with Crippen molar-refractivity contribution in [2.45, 2.75) is 18.8 Å². The predicted octanol–water partition coefficient (Wildman–Crippen LogP) is 2.87. The van der Waals surface area contributed by atoms with Crippen molar-refractivity contribution in [1.82, 2.24) is 0 Å². The Labute approximate surface area is 98.2 Å². The number of hydrogen-bond acceptors (Lipinski definition) is 3. The Hall–Kier alpha value is -0.810. The van der Waals surface area contributed by atoms with Crippen molar-refractivity contribution in [2.75, 3.05) is 12.3 Å². The summed E-state index contributed by atoms with van der Waals surface area (Å²) in [5.41, 5.74) is 6.16. The van der Waals surface area contributed by atoms with Gasteiger partial charge in [-0.05, 0) is 24.8 Å². The second-order valence-electron chi connectivity index (χ2n) is 3.18. The van der Waals surface area contributed by atoms with Gasteiger partial charge in [-0.1, -0.05) is 18.2 Å². The lowest BCUT2D eigenvalue weighted by Crippen LogP contribution is -2.04. The van der Waals surface area contributed by atoms with E-state index in [-0.39, 0.29) is 5.75 Å². The van der Waals surface area contributed by atoms with E-state index in [9.17, 15) is 8.78 Å². The molecule has 1 aromatic carbocycles. The molecule has 0 heterocycles. The molecule has 0 bridgehead atoms. The molecule has 0 saturated heterocycles. The maximum Gasteiger partial charge on any atom is 0.387 e. The number of hydrogen-bond donors (Lipinski definition) is 1. The molecule has 0 unspecified atom stereocenters. The van der Waals surface area contributed by atoms with Crippen LogP contribution >= 0.6 is 11.8 Å². The molecule has 90 valence electrons. The fourth-order valence-electron chi connectivity index (χ4n) is 1.20. The van der Waals surface area contributed by atoms with Gasteiger partial charge in [0.15, 0.2) is 0 Å². The molecule has 0 radical (unpaired) electrons. The molecule has 0 aromatic heterocycles. The minimum Gasteiger partial charge on any atom is -0.435 e. The van der Waals surface area contributed by atoms with Gasteiger partial charge in [-0.25, -0.2) is 0 Å². The van der Waals surface area contributed by atoms with E-state index >= 15 is 0 Å². The molecule has 0 aliphatic carbocycles. The third kappa shape index (κ3) is 4.81. The normalized spacial score (nSPS) is 10.8. The molecule has 2 N–H and O–H groups in total. The van der Waals surface area contributed by atoms with E-state index in [0.717, 1.165) is 17.7 Å². The lowest BCUT2D eigenvalue weighted by molar-refractivity contribution is -0.0503. The van der Waals surface area contributed by atoms with E-state index in [4.69, 9.17) is 5.73 Å². The fraction of sp³-hybridized carbons (Fsp3) is 0.455. The van der Waals surface area contributed by atoms with E-state index < -0.39 is 6.61 Å². The van der Waals surface area contributed by atoms with Gasteiger partial charge in [0.05, 0.1) is 0 Å². The Bertz CT molecular complexity index is 310. The van der Waals surface area contributed by atoms with Crippen molar-refractivity contribution in [2.24, 2.45) is 5.73 Å². The van der Waals surface area contributed by atoms with Crippen LogP contribution in [0, 0.1) is 0 Å². The topological polar surface area (TPSA) is 35.2 Å². The SMILES string of the molecule is NCCCSCc1ccccc1OC(F)F. The number of para-hydroxylation sites is 1. The van der Waals surface area contributed by atoms with Crippen LogP contribution in [0.15, 0.2) is 24.3 Å². The number of ether oxygens (including phenoxy) is 1. The number of rotatable bonds is 7. The third-order valence-electron chi connectivity index (χ3n) is 1.94. The van der Waals surface area contributed by atoms with Crippen LogP contribution in [0.25, 0.3) is 0 Å². The van der Waals surface area contributed by atoms with Crippen LogP contribution < -0.4 is 10.5 Å². The quantitative estimate of drug-likeness (QED) is 0.752. The van der Waals surface area contributed by atoms with E-state index in [1.807, 2.05) is 6.07 Å². The minimum absolute atomic E-state index is 0.262. The minimum atomic E-state index is -2.77. The van der Waals surface area contributed by atoms with Crippen molar-refractivity contribution in [3.05, 3.63) is 29.8 Å². The molecule has 0 atom stereocenters. The zero-order valence-corrected chi connectivity index (χ0v) is 9.68. The lowest BCUT2D eigenvalue weighted by atomic mass is 10.2. The highest BCUT2D eigenvalue weighted by Gasteiger charge is 2.08. The van der Waals surface area contributed by atoms with Crippen LogP contribution in [0.4, 0.5) is 8.78 Å². The summed E-state index contributed by atoms with van der Waals surface area (Å²) in [7, 11) is 0. The molecule has 2 nitrogen and oxygen atoms in total. The van der Waals surface area contributed by atoms with E-state index in [0.29, 0.717) is 12.3 Å². The third-order valence-corrected chi connectivity index (χ3v) is 3.03. The Balaban J connectivity index is 2.50. The first-order chi connectivity index (χ1) is 7.74. The number of alkyl halides is 2. The average Bonchev–Trinajstić information content (AvgIpc) is 2.26. The van der Waals surface area contributed by atoms with Gasteiger partial charge < -0.3 is 10.5 Å². The molecule has 0 aliphatic heterocycles. The van der Waals surface area contributed by atoms with Gasteiger partial charge >= 0.3 is 6.61 Å². The van der Waals surface area contributed by atoms with Crippen LogP contribution in [0.2, 0.25) is 0 Å². The van der Waals surface area contributed by atoms with Crippen LogP contribution in [0.3, 0.4) is 0 Å². The van der Waals surface area contributed by atoms with Gasteiger partial charge in [0.2, 0.25) is 0 Å². The zero-order chi connectivity index (χ0) is 11.8. The van der Waals surface area contributed by atoms with E-state index in [2.05, 4.69) is 4.74 Å². The number of nitrogens with two attached hydrogens (primary N) is 1. The molecule has 1 aromatic rings. The second kappa shape index (κ2) is 7.46. The van der Waals surface area contributed by atoms with Crippen LogP contribution in [0.5, 0.6) is 5.75 Å². The molecule has 0 saturated carbocycles. The largest absolute Gasteiger partial charge is 0.435 e. The maximum absolute atomic E-state index is 12.1. The number of benzene rings is 1. The fourth-order valence-corrected chi connectivity index (χ4v) is 2.18.